The SMILES string of the molecule is [CH2-][NH+]1CC[C@@H](C)C1.[CH2-][NH+]1CC[C@@H](C)C1.[CH2-][NH+]1CC[C@@H](C)C1.[CH2-][NH+]1CC[C@H](C)C1.[CH2-][NH+]1CC[C@H](C)C1.[CH2-][NH+]1CC[C@H](F)C1.[CH2-][NH+]1CC[C@H](N(C)C)C1.[CH2-][NH+]1CC[C@H](NC(C)=O)C1. The van der Waals surface area contributed by atoms with E-state index < -0.39 is 6.17 Å². The molecule has 8 fully saturated rings. The maximum absolute atomic E-state index is 12.1. The normalized spacial score (nSPS) is 39.5. The van der Waals surface area contributed by atoms with Gasteiger partial charge in [-0.15, -0.1) is 0 Å². The van der Waals surface area contributed by atoms with Crippen molar-refractivity contribution in [3.05, 3.63) is 56.4 Å². The summed E-state index contributed by atoms with van der Waals surface area (Å²) >= 11 is 0. The van der Waals surface area contributed by atoms with Crippen molar-refractivity contribution in [3.8, 4) is 0 Å². The van der Waals surface area contributed by atoms with Crippen molar-refractivity contribution in [2.75, 3.05) is 119 Å². The predicted molar refractivity (Wildman–Crippen MR) is 251 cm³/mol. The lowest BCUT2D eigenvalue weighted by atomic mass is 10.2. The number of amides is 1. The zero-order chi connectivity index (χ0) is 46.1. The number of quaternary nitrogens is 8. The number of nitrogens with one attached hydrogen (secondary N) is 9. The van der Waals surface area contributed by atoms with Gasteiger partial charge in [-0.2, -0.15) is 56.4 Å². The van der Waals surface area contributed by atoms with Gasteiger partial charge in [0.05, 0.1) is 117 Å². The van der Waals surface area contributed by atoms with Crippen LogP contribution in [0.3, 0.4) is 0 Å². The van der Waals surface area contributed by atoms with Crippen molar-refractivity contribution in [2.45, 2.75) is 111 Å². The Morgan fingerprint density at radius 1 is 0.443 bits per heavy atom. The van der Waals surface area contributed by atoms with E-state index in [-0.39, 0.29) is 5.91 Å². The number of likely N-dealkylation sites (N-methyl/N-ethyl adjacent to an activating group) is 1. The summed E-state index contributed by atoms with van der Waals surface area (Å²) in [7, 11) is 35.3. The monoisotopic (exact) mass is 869 g/mol. The van der Waals surface area contributed by atoms with Gasteiger partial charge in [-0.1, -0.05) is 34.6 Å². The van der Waals surface area contributed by atoms with E-state index in [1.165, 1.54) is 151 Å². The van der Waals surface area contributed by atoms with Crippen molar-refractivity contribution >= 4 is 5.91 Å². The summed E-state index contributed by atoms with van der Waals surface area (Å²) in [6.45, 7) is 31.8. The van der Waals surface area contributed by atoms with E-state index in [1.807, 2.05) is 0 Å². The fourth-order valence-corrected chi connectivity index (χ4v) is 9.31. The summed E-state index contributed by atoms with van der Waals surface area (Å²) in [5.74, 6) is 4.69. The number of carbonyl (C=O) groups excluding carboxylic acids is 1. The van der Waals surface area contributed by atoms with E-state index in [9.17, 15) is 9.18 Å². The molecule has 0 aromatic carbocycles. The first-order chi connectivity index (χ1) is 28.6. The van der Waals surface area contributed by atoms with E-state index in [2.05, 4.69) is 115 Å². The molecule has 8 saturated heterocycles. The summed E-state index contributed by atoms with van der Waals surface area (Å²) in [5.41, 5.74) is 0. The molecular weight excluding hydrogens is 764 g/mol. The summed E-state index contributed by atoms with van der Waals surface area (Å²) in [6.07, 6.45) is 9.38. The topological polar surface area (TPSA) is 67.9 Å². The van der Waals surface area contributed by atoms with Gasteiger partial charge in [0, 0.05) is 87.9 Å². The molecule has 16 atom stereocenters. The van der Waals surface area contributed by atoms with Crippen LogP contribution >= 0.6 is 0 Å². The van der Waals surface area contributed by atoms with Crippen LogP contribution in [-0.4, -0.2) is 148 Å². The molecule has 8 rings (SSSR count). The van der Waals surface area contributed by atoms with Gasteiger partial charge < -0.3 is 49.4 Å². The van der Waals surface area contributed by atoms with Crippen LogP contribution in [0, 0.1) is 86.0 Å². The number of rotatable bonds is 2. The second-order valence-electron chi connectivity index (χ2n) is 21.1. The lowest BCUT2D eigenvalue weighted by Gasteiger charge is -2.18. The molecule has 12 heteroatoms. The number of alkyl halides is 1. The van der Waals surface area contributed by atoms with Crippen molar-refractivity contribution in [1.29, 1.82) is 0 Å². The number of nitrogens with zero attached hydrogens (tertiary/aromatic N) is 1. The third-order valence-corrected chi connectivity index (χ3v) is 13.3. The van der Waals surface area contributed by atoms with Gasteiger partial charge in [0.2, 0.25) is 5.91 Å². The molecule has 0 aliphatic carbocycles. The van der Waals surface area contributed by atoms with Crippen molar-refractivity contribution in [1.82, 2.24) is 10.2 Å². The Hall–Kier alpha value is -0.960. The third-order valence-electron chi connectivity index (χ3n) is 13.3. The van der Waals surface area contributed by atoms with Gasteiger partial charge in [-0.3, -0.25) is 4.79 Å². The first-order valence-corrected chi connectivity index (χ1v) is 24.5. The number of halogens is 1. The summed E-state index contributed by atoms with van der Waals surface area (Å²) in [5, 5.41) is 2.87. The Morgan fingerprint density at radius 2 is 0.721 bits per heavy atom. The average Bonchev–Trinajstić information content (AvgIpc) is 4.05. The van der Waals surface area contributed by atoms with Crippen LogP contribution in [0.25, 0.3) is 0 Å². The Balaban J connectivity index is 0.000000350. The highest BCUT2D eigenvalue weighted by Gasteiger charge is 2.22. The maximum atomic E-state index is 12.1. The van der Waals surface area contributed by atoms with Crippen LogP contribution in [0.1, 0.15) is 92.9 Å². The number of likely N-dealkylation sites (tertiary alicyclic amines) is 8. The fraction of sp³-hybridized carbons (Fsp3) is 0.816. The summed E-state index contributed by atoms with van der Waals surface area (Å²) < 4.78 is 12.1. The van der Waals surface area contributed by atoms with Crippen LogP contribution in [-0.2, 0) is 4.79 Å². The highest BCUT2D eigenvalue weighted by molar-refractivity contribution is 5.73. The zero-order valence-corrected chi connectivity index (χ0v) is 41.5. The van der Waals surface area contributed by atoms with E-state index in [0.29, 0.717) is 19.0 Å². The van der Waals surface area contributed by atoms with Gasteiger partial charge >= 0.3 is 0 Å². The van der Waals surface area contributed by atoms with E-state index in [0.717, 1.165) is 66.6 Å². The molecule has 0 bridgehead atoms. The number of hydrogen-bond acceptors (Lipinski definition) is 2. The quantitative estimate of drug-likeness (QED) is 0.132. The first-order valence-electron chi connectivity index (χ1n) is 24.5. The lowest BCUT2D eigenvalue weighted by Crippen LogP contribution is -3.05. The summed E-state index contributed by atoms with van der Waals surface area (Å²) in [4.78, 5) is 23.9. The average molecular weight is 869 g/mol. The zero-order valence-electron chi connectivity index (χ0n) is 41.5. The third kappa shape index (κ3) is 30.7. The highest BCUT2D eigenvalue weighted by Crippen LogP contribution is 2.02. The molecule has 0 aromatic heterocycles. The Labute approximate surface area is 379 Å². The molecule has 0 aromatic rings. The minimum absolute atomic E-state index is 0.0692. The minimum Gasteiger partial charge on any atom is -0.468 e. The predicted octanol–water partition coefficient (Wildman–Crippen LogP) is -4.51. The first kappa shape index (κ1) is 58.1. The molecular formula is C49H105FN10O. The summed E-state index contributed by atoms with van der Waals surface area (Å²) in [6, 6.07) is 1.14. The molecule has 0 saturated carbocycles. The molecule has 9 N–H and O–H groups in total. The molecule has 8 aliphatic heterocycles. The molecule has 1 amide bonds. The molecule has 61 heavy (non-hydrogen) atoms. The number of carbonyl (C=O) groups is 1. The smallest absolute Gasteiger partial charge is 0.217 e. The Bertz CT molecular complexity index is 902. The van der Waals surface area contributed by atoms with Crippen LogP contribution in [0.4, 0.5) is 4.39 Å². The minimum atomic E-state index is -0.576. The van der Waals surface area contributed by atoms with Crippen molar-refractivity contribution in [3.63, 3.8) is 0 Å². The van der Waals surface area contributed by atoms with Gasteiger partial charge in [0.25, 0.3) is 0 Å². The van der Waals surface area contributed by atoms with Gasteiger partial charge in [-0.05, 0) is 14.1 Å². The van der Waals surface area contributed by atoms with Gasteiger partial charge in [0.1, 0.15) is 0 Å². The Morgan fingerprint density at radius 3 is 0.852 bits per heavy atom. The second-order valence-corrected chi connectivity index (χ2v) is 21.1. The lowest BCUT2D eigenvalue weighted by molar-refractivity contribution is -0.841. The second kappa shape index (κ2) is 32.7. The highest BCUT2D eigenvalue weighted by atomic mass is 19.1. The van der Waals surface area contributed by atoms with Gasteiger partial charge in [0.15, 0.2) is 6.17 Å². The van der Waals surface area contributed by atoms with E-state index in [1.54, 1.807) is 6.92 Å². The molecule has 0 spiro atoms. The molecule has 8 heterocycles. The van der Waals surface area contributed by atoms with E-state index in [4.69, 9.17) is 0 Å². The van der Waals surface area contributed by atoms with Crippen LogP contribution < -0.4 is 44.5 Å². The van der Waals surface area contributed by atoms with Crippen molar-refractivity contribution < 1.29 is 48.4 Å². The van der Waals surface area contributed by atoms with Gasteiger partial charge in [-0.25, -0.2) is 4.39 Å². The van der Waals surface area contributed by atoms with Crippen molar-refractivity contribution in [2.24, 2.45) is 29.6 Å². The largest absolute Gasteiger partial charge is 0.468 e. The van der Waals surface area contributed by atoms with Crippen LogP contribution in [0.5, 0.6) is 0 Å². The fourth-order valence-electron chi connectivity index (χ4n) is 9.31. The Kier molecular flexibility index (Phi) is 31.1. The van der Waals surface area contributed by atoms with E-state index >= 15 is 0 Å². The molecule has 8 aliphatic rings. The molecule has 8 unspecified atom stereocenters. The van der Waals surface area contributed by atoms with Crippen LogP contribution in [0.2, 0.25) is 0 Å². The molecule has 0 radical (unpaired) electrons. The van der Waals surface area contributed by atoms with Crippen LogP contribution in [0.15, 0.2) is 0 Å². The maximum Gasteiger partial charge on any atom is 0.217 e. The molecule has 364 valence electrons. The number of hydrogen-bond donors (Lipinski definition) is 9. The molecule has 11 nitrogen and oxygen atoms in total. The standard InChI is InChI=1S/C7H14N2O.C7H16N2.5C6H13N.C5H10FN/c1-6(10)8-7-3-4-9(2)5-7;1-8(2)7-4-5-9(3)6-7;5*1-6-3-4-7(2)5-6;1-7-3-2-5(6)4-7/h7,9H,2-5H2,1H3,(H,8,10);7,9H,3-6H2,1-2H3;5*6-7H,2-5H2,1H3;5,7H,1-4H2/t2*7-;5*6-;5-/m00111000/s1.